The summed E-state index contributed by atoms with van der Waals surface area (Å²) in [6.07, 6.45) is 31.2. The van der Waals surface area contributed by atoms with Crippen LogP contribution in [0, 0.1) is 35.5 Å². The van der Waals surface area contributed by atoms with Crippen LogP contribution in [0.15, 0.2) is 0 Å². The van der Waals surface area contributed by atoms with Crippen molar-refractivity contribution in [1.82, 2.24) is 19.6 Å². The molecule has 7 unspecified atom stereocenters. The van der Waals surface area contributed by atoms with Gasteiger partial charge in [-0.05, 0) is 90.9 Å². The number of unbranched alkanes of at least 4 members (excludes halogenated alkanes) is 16. The van der Waals surface area contributed by atoms with Gasteiger partial charge in [0.15, 0.2) is 0 Å². The lowest BCUT2D eigenvalue weighted by molar-refractivity contribution is -0.154. The minimum Gasteiger partial charge on any atom is -0.465 e. The third kappa shape index (κ3) is 35.4. The summed E-state index contributed by atoms with van der Waals surface area (Å²) in [5, 5.41) is 0. The van der Waals surface area contributed by atoms with Gasteiger partial charge in [-0.3, -0.25) is 38.4 Å². The number of hydrogen-bond acceptors (Lipinski definition) is 12. The van der Waals surface area contributed by atoms with Crippen molar-refractivity contribution >= 4 is 47.5 Å². The van der Waals surface area contributed by atoms with Gasteiger partial charge >= 0.3 is 23.9 Å². The number of ether oxygens (including phenoxy) is 4. The van der Waals surface area contributed by atoms with Gasteiger partial charge in [-0.25, -0.2) is 0 Å². The SMILES string of the molecule is CCCCC(CC)CN1CC(C(=O)OC(C)C)CC1=O.CCCCCCC(C)OC(=O)C1CC(=O)N(CCCC)C1.CCCCCCCCCCCCOC(=O)C1CC(=O)N(CCCC)C1.CCCCN1CC(C(=O)OC(C)CC(C)C)CC1=O. The highest BCUT2D eigenvalue weighted by atomic mass is 16.6. The highest BCUT2D eigenvalue weighted by Crippen LogP contribution is 2.26. The standard InChI is InChI=1S/C21H39NO3.C17H31NO3.C16H29NO3.C15H27NO3/c1-3-5-7-8-9-10-11-12-13-14-16-25-21(24)19-17-20(23)22(18-19)15-6-4-2;1-4-6-8-9-10-14(3)21-17(20)15-12-16(19)18(13-15)11-7-5-2;1-5-7-8-13(6-2)10-17-11-14(9-15(17)18)16(19)20-12(3)4;1-5-6-7-16-10-13(9-14(16)17)15(18)19-12(4)8-11(2)3/h19H,3-18H2,1-2H3;14-15H,4-13H2,1-3H3;12-14H,5-11H2,1-4H3;11-13H,5-10H2,1-4H3. The fourth-order valence-corrected chi connectivity index (χ4v) is 11.2. The van der Waals surface area contributed by atoms with Gasteiger partial charge in [-0.2, -0.15) is 0 Å². The minimum atomic E-state index is -0.270. The number of carbonyl (C=O) groups excluding carboxylic acids is 8. The maximum Gasteiger partial charge on any atom is 0.311 e. The molecule has 0 bridgehead atoms. The summed E-state index contributed by atoms with van der Waals surface area (Å²) in [7, 11) is 0. The maximum absolute atomic E-state index is 12.1. The van der Waals surface area contributed by atoms with E-state index in [1.165, 1.54) is 83.5 Å². The summed E-state index contributed by atoms with van der Waals surface area (Å²) in [5.74, 6) is -0.375. The van der Waals surface area contributed by atoms with Crippen LogP contribution in [0.5, 0.6) is 0 Å². The molecule has 0 aromatic rings. The van der Waals surface area contributed by atoms with E-state index in [1.54, 1.807) is 9.80 Å². The molecular formula is C69H126N4O12. The Kier molecular flexibility index (Phi) is 44.3. The summed E-state index contributed by atoms with van der Waals surface area (Å²) in [6, 6.07) is 0. The lowest BCUT2D eigenvalue weighted by Gasteiger charge is -2.23. The number of hydrogen-bond donors (Lipinski definition) is 0. The van der Waals surface area contributed by atoms with Gasteiger partial charge < -0.3 is 38.5 Å². The van der Waals surface area contributed by atoms with Crippen molar-refractivity contribution in [3.8, 4) is 0 Å². The largest absolute Gasteiger partial charge is 0.465 e. The first-order chi connectivity index (χ1) is 40.7. The number of amides is 4. The molecular weight excluding hydrogens is 1080 g/mol. The molecule has 16 heteroatoms. The van der Waals surface area contributed by atoms with Gasteiger partial charge in [0.2, 0.25) is 23.6 Å². The number of likely N-dealkylation sites (tertiary alicyclic amines) is 4. The van der Waals surface area contributed by atoms with Crippen molar-refractivity contribution < 1.29 is 57.3 Å². The Morgan fingerprint density at radius 3 is 1.15 bits per heavy atom. The molecule has 0 aliphatic carbocycles. The number of nitrogens with zero attached hydrogens (tertiary/aromatic N) is 4. The molecule has 4 fully saturated rings. The zero-order valence-electron chi connectivity index (χ0n) is 56.5. The van der Waals surface area contributed by atoms with Gasteiger partial charge in [-0.1, -0.05) is 178 Å². The maximum atomic E-state index is 12.1. The third-order valence-electron chi connectivity index (χ3n) is 16.6. The van der Waals surface area contributed by atoms with E-state index in [-0.39, 0.29) is 89.5 Å². The van der Waals surface area contributed by atoms with Gasteiger partial charge in [-0.15, -0.1) is 0 Å². The highest BCUT2D eigenvalue weighted by Gasteiger charge is 2.39. The van der Waals surface area contributed by atoms with E-state index < -0.39 is 0 Å². The number of carbonyl (C=O) groups is 8. The zero-order chi connectivity index (χ0) is 63.5. The highest BCUT2D eigenvalue weighted by molar-refractivity contribution is 5.89. The predicted octanol–water partition coefficient (Wildman–Crippen LogP) is 14.3. The molecule has 4 amide bonds. The summed E-state index contributed by atoms with van der Waals surface area (Å²) in [6.45, 7) is 32.6. The summed E-state index contributed by atoms with van der Waals surface area (Å²) >= 11 is 0. The minimum absolute atomic E-state index is 0.0332. The Labute approximate surface area is 517 Å². The smallest absolute Gasteiger partial charge is 0.311 e. The molecule has 0 radical (unpaired) electrons. The average molecular weight is 1200 g/mol. The topological polar surface area (TPSA) is 186 Å². The molecule has 0 aromatic carbocycles. The Bertz CT molecular complexity index is 1860. The first-order valence-corrected chi connectivity index (χ1v) is 34.6. The monoisotopic (exact) mass is 1200 g/mol. The molecule has 4 heterocycles. The molecule has 494 valence electrons. The van der Waals surface area contributed by atoms with E-state index in [9.17, 15) is 38.4 Å². The zero-order valence-corrected chi connectivity index (χ0v) is 56.5. The van der Waals surface area contributed by atoms with Crippen LogP contribution >= 0.6 is 0 Å². The van der Waals surface area contributed by atoms with Crippen LogP contribution in [-0.4, -0.2) is 144 Å². The Morgan fingerprint density at radius 1 is 0.400 bits per heavy atom. The van der Waals surface area contributed by atoms with Crippen molar-refractivity contribution in [2.45, 2.75) is 301 Å². The second-order valence-electron chi connectivity index (χ2n) is 25.7. The van der Waals surface area contributed by atoms with Crippen LogP contribution in [-0.2, 0) is 57.3 Å². The van der Waals surface area contributed by atoms with Gasteiger partial charge in [0, 0.05) is 78.0 Å². The van der Waals surface area contributed by atoms with Crippen LogP contribution in [0.4, 0.5) is 0 Å². The molecule has 4 saturated heterocycles. The lowest BCUT2D eigenvalue weighted by Crippen LogP contribution is -2.32. The molecule has 7 atom stereocenters. The van der Waals surface area contributed by atoms with Crippen molar-refractivity contribution in [3.63, 3.8) is 0 Å². The summed E-state index contributed by atoms with van der Waals surface area (Å²) < 4.78 is 21.5. The third-order valence-corrected chi connectivity index (χ3v) is 16.6. The fourth-order valence-electron chi connectivity index (χ4n) is 11.2. The van der Waals surface area contributed by atoms with Gasteiger partial charge in [0.1, 0.15) is 0 Å². The van der Waals surface area contributed by atoms with E-state index in [0.29, 0.717) is 70.3 Å². The Morgan fingerprint density at radius 2 is 0.753 bits per heavy atom. The van der Waals surface area contributed by atoms with Crippen LogP contribution < -0.4 is 0 Å². The molecule has 85 heavy (non-hydrogen) atoms. The van der Waals surface area contributed by atoms with Crippen LogP contribution in [0.25, 0.3) is 0 Å². The van der Waals surface area contributed by atoms with Crippen molar-refractivity contribution in [2.24, 2.45) is 35.5 Å². The van der Waals surface area contributed by atoms with Crippen LogP contribution in [0.2, 0.25) is 0 Å². The predicted molar refractivity (Wildman–Crippen MR) is 340 cm³/mol. The fraction of sp³-hybridized carbons (Fsp3) is 0.884. The van der Waals surface area contributed by atoms with E-state index in [1.807, 2.05) is 37.5 Å². The molecule has 0 N–H and O–H groups in total. The molecule has 16 nitrogen and oxygen atoms in total. The molecule has 0 saturated carbocycles. The number of esters is 4. The van der Waals surface area contributed by atoms with Crippen LogP contribution in [0.1, 0.15) is 283 Å². The average Bonchev–Trinajstić information content (AvgIpc) is 4.33. The van der Waals surface area contributed by atoms with Crippen molar-refractivity contribution in [3.05, 3.63) is 0 Å². The van der Waals surface area contributed by atoms with Crippen molar-refractivity contribution in [2.75, 3.05) is 59.0 Å². The van der Waals surface area contributed by atoms with Gasteiger partial charge in [0.05, 0.1) is 48.6 Å². The lowest BCUT2D eigenvalue weighted by atomic mass is 9.99. The summed E-state index contributed by atoms with van der Waals surface area (Å²) in [5.41, 5.74) is 0. The van der Waals surface area contributed by atoms with E-state index in [4.69, 9.17) is 18.9 Å². The van der Waals surface area contributed by atoms with E-state index in [0.717, 1.165) is 110 Å². The first-order valence-electron chi connectivity index (χ1n) is 34.6. The molecule has 4 rings (SSSR count). The number of rotatable bonds is 40. The molecule has 4 aliphatic heterocycles. The second kappa shape index (κ2) is 47.8. The van der Waals surface area contributed by atoms with Crippen LogP contribution in [0.3, 0.4) is 0 Å². The van der Waals surface area contributed by atoms with E-state index in [2.05, 4.69) is 62.3 Å². The first kappa shape index (κ1) is 78.8. The second-order valence-corrected chi connectivity index (χ2v) is 25.7. The quantitative estimate of drug-likeness (QED) is 0.0321. The van der Waals surface area contributed by atoms with Crippen molar-refractivity contribution in [1.29, 1.82) is 0 Å². The normalized spacial score (nSPS) is 19.5. The molecule has 0 spiro atoms. The Hall–Kier alpha value is -4.24. The van der Waals surface area contributed by atoms with E-state index >= 15 is 0 Å². The Balaban J connectivity index is 0.000000570. The molecule has 4 aliphatic rings. The summed E-state index contributed by atoms with van der Waals surface area (Å²) in [4.78, 5) is 103. The van der Waals surface area contributed by atoms with Gasteiger partial charge in [0.25, 0.3) is 0 Å². The molecule has 0 aromatic heterocycles.